The van der Waals surface area contributed by atoms with E-state index in [2.05, 4.69) is 0 Å². The van der Waals surface area contributed by atoms with E-state index in [1.807, 2.05) is 18.2 Å². The maximum atomic E-state index is 13.1. The summed E-state index contributed by atoms with van der Waals surface area (Å²) in [6, 6.07) is 12.2. The third kappa shape index (κ3) is 3.90. The molecule has 2 aromatic carbocycles. The van der Waals surface area contributed by atoms with Gasteiger partial charge in [-0.15, -0.1) is 0 Å². The van der Waals surface area contributed by atoms with Gasteiger partial charge in [0, 0.05) is 0 Å². The van der Waals surface area contributed by atoms with Gasteiger partial charge in [0.25, 0.3) is 0 Å². The molecule has 1 radical (unpaired) electrons. The monoisotopic (exact) mass is 519 g/mol. The molecule has 0 heterocycles. The highest BCUT2D eigenvalue weighted by Gasteiger charge is 2.70. The minimum Gasteiger partial charge on any atom is -0.224 e. The van der Waals surface area contributed by atoms with Crippen molar-refractivity contribution in [3.63, 3.8) is 0 Å². The lowest BCUT2D eigenvalue weighted by Gasteiger charge is -2.45. The molecule has 0 saturated carbocycles. The molecule has 0 aliphatic rings. The summed E-state index contributed by atoms with van der Waals surface area (Å²) in [5, 5.41) is 14.5. The number of benzene rings is 2. The Hall–Kier alpha value is 1.27. The van der Waals surface area contributed by atoms with Gasteiger partial charge in [0.2, 0.25) is 8.13 Å². The molecule has 0 bridgehead atoms. The average molecular weight is 523 g/mol. The predicted octanol–water partition coefficient (Wildman–Crippen LogP) is 8.20. The summed E-state index contributed by atoms with van der Waals surface area (Å²) < 4.78 is -9.87. The molecule has 2 rings (SSSR count). The topological polar surface area (TPSA) is 19.9 Å². The number of rotatable bonds is 4. The first-order chi connectivity index (χ1) is 11.2. The van der Waals surface area contributed by atoms with Crippen LogP contribution in [0.25, 0.3) is 10.8 Å². The lowest BCUT2D eigenvalue weighted by molar-refractivity contribution is 0.0685. The number of halogens is 9. The van der Waals surface area contributed by atoms with E-state index >= 15 is 0 Å². The van der Waals surface area contributed by atoms with E-state index < -0.39 is 22.9 Å². The van der Waals surface area contributed by atoms with Crippen molar-refractivity contribution in [1.29, 1.82) is 0 Å². The Morgan fingerprint density at radius 1 is 0.680 bits per heavy atom. The molecular formula is C15H8Cl9O. The fraction of sp³-hybridized carbons (Fsp3) is 0.333. The van der Waals surface area contributed by atoms with E-state index in [0.29, 0.717) is 5.39 Å². The molecule has 1 unspecified atom stereocenters. The lowest BCUT2D eigenvalue weighted by Crippen LogP contribution is -2.58. The van der Waals surface area contributed by atoms with E-state index in [9.17, 15) is 5.11 Å². The van der Waals surface area contributed by atoms with E-state index in [1.165, 1.54) is 0 Å². The minimum atomic E-state index is -2.54. The number of hydrogen-bond donors (Lipinski definition) is 0. The molecule has 0 N–H and O–H groups in total. The molecule has 0 fully saturated rings. The van der Waals surface area contributed by atoms with Gasteiger partial charge < -0.3 is 0 Å². The Bertz CT molecular complexity index is 762. The van der Waals surface area contributed by atoms with Crippen molar-refractivity contribution in [2.45, 2.75) is 22.9 Å². The second-order valence-corrected chi connectivity index (χ2v) is 11.5. The van der Waals surface area contributed by atoms with Crippen LogP contribution in [0.15, 0.2) is 42.5 Å². The van der Waals surface area contributed by atoms with Crippen molar-refractivity contribution in [3.05, 3.63) is 48.0 Å². The third-order valence-electron chi connectivity index (χ3n) is 3.60. The zero-order valence-corrected chi connectivity index (χ0v) is 18.7. The molecule has 0 aromatic heterocycles. The van der Waals surface area contributed by atoms with Gasteiger partial charge >= 0.3 is 0 Å². The highest BCUT2D eigenvalue weighted by atomic mass is 35.6. The fourth-order valence-electron chi connectivity index (χ4n) is 2.23. The van der Waals surface area contributed by atoms with Gasteiger partial charge in [-0.3, -0.25) is 0 Å². The Morgan fingerprint density at radius 3 is 1.76 bits per heavy atom. The first-order valence-electron chi connectivity index (χ1n) is 6.59. The van der Waals surface area contributed by atoms with Crippen LogP contribution in [0, 0.1) is 0 Å². The summed E-state index contributed by atoms with van der Waals surface area (Å²) in [7, 11) is 0. The molecule has 1 nitrogen and oxygen atoms in total. The molecule has 1 atom stereocenters. The maximum absolute atomic E-state index is 13.1. The van der Waals surface area contributed by atoms with Crippen molar-refractivity contribution in [2.75, 3.05) is 0 Å². The van der Waals surface area contributed by atoms with Gasteiger partial charge in [-0.05, 0) is 16.3 Å². The largest absolute Gasteiger partial charge is 0.226 e. The van der Waals surface area contributed by atoms with Crippen LogP contribution >= 0.6 is 104 Å². The molecule has 0 saturated heterocycles. The van der Waals surface area contributed by atoms with Gasteiger partial charge in [-0.25, -0.2) is 5.11 Å². The third-order valence-corrected chi connectivity index (χ3v) is 9.07. The summed E-state index contributed by atoms with van der Waals surface area (Å²) in [5.74, 6) is 0. The Kier molecular flexibility index (Phi) is 6.85. The van der Waals surface area contributed by atoms with Gasteiger partial charge in [0.15, 0.2) is 14.8 Å². The Balaban J connectivity index is 2.58. The van der Waals surface area contributed by atoms with E-state index in [1.54, 1.807) is 24.3 Å². The molecule has 2 aromatic rings. The summed E-state index contributed by atoms with van der Waals surface area (Å²) >= 11 is 54.2. The van der Waals surface area contributed by atoms with E-state index in [0.717, 1.165) is 5.39 Å². The highest BCUT2D eigenvalue weighted by Crippen LogP contribution is 2.65. The second-order valence-electron chi connectivity index (χ2n) is 5.22. The molecule has 10 heteroatoms. The van der Waals surface area contributed by atoms with Gasteiger partial charge in [-0.1, -0.05) is 147 Å². The molecule has 25 heavy (non-hydrogen) atoms. The Morgan fingerprint density at radius 2 is 1.20 bits per heavy atom. The summed E-state index contributed by atoms with van der Waals surface area (Å²) in [6.07, 6.45) is -1.86. The molecule has 0 spiro atoms. The maximum Gasteiger partial charge on any atom is 0.226 e. The van der Waals surface area contributed by atoms with Gasteiger partial charge in [-0.2, -0.15) is 0 Å². The van der Waals surface area contributed by atoms with E-state index in [4.69, 9.17) is 104 Å². The molecular weight excluding hydrogens is 515 g/mol. The van der Waals surface area contributed by atoms with Crippen LogP contribution in [-0.2, 0) is 5.11 Å². The second kappa shape index (κ2) is 7.59. The molecule has 0 aliphatic heterocycles. The van der Waals surface area contributed by atoms with Gasteiger partial charge in [0.1, 0.15) is 0 Å². The van der Waals surface area contributed by atoms with Crippen molar-refractivity contribution >= 4 is 115 Å². The fourth-order valence-corrected chi connectivity index (χ4v) is 4.43. The Labute approximate surface area is 189 Å². The highest BCUT2D eigenvalue weighted by molar-refractivity contribution is 6.80. The normalized spacial score (nSPS) is 15.4. The van der Waals surface area contributed by atoms with Crippen molar-refractivity contribution in [3.8, 4) is 0 Å². The first-order valence-corrected chi connectivity index (χ1v) is 9.99. The standard InChI is InChI=1S/C15H8Cl9O/c16-12(17,13(18,19)14(20,21)15(22,23)24)11(25)10-7-3-5-8-4-1-2-6-9(8)10/h1-7,11H. The summed E-state index contributed by atoms with van der Waals surface area (Å²) in [5.41, 5.74) is 0.238. The number of alkyl halides is 9. The van der Waals surface area contributed by atoms with Gasteiger partial charge in [0.05, 0.1) is 0 Å². The van der Waals surface area contributed by atoms with Crippen LogP contribution in [0.1, 0.15) is 11.7 Å². The van der Waals surface area contributed by atoms with Crippen LogP contribution in [0.5, 0.6) is 0 Å². The zero-order valence-electron chi connectivity index (χ0n) is 11.9. The number of fused-ring (bicyclic) bond motifs is 1. The lowest BCUT2D eigenvalue weighted by atomic mass is 9.96. The minimum absolute atomic E-state index is 0.238. The smallest absolute Gasteiger partial charge is 0.224 e. The van der Waals surface area contributed by atoms with Crippen LogP contribution in [0.3, 0.4) is 0 Å². The summed E-state index contributed by atoms with van der Waals surface area (Å²) in [4.78, 5) is 0. The van der Waals surface area contributed by atoms with Crippen molar-refractivity contribution < 1.29 is 5.11 Å². The number of hydrogen-bond acceptors (Lipinski definition) is 0. The first kappa shape index (κ1) is 22.6. The summed E-state index contributed by atoms with van der Waals surface area (Å²) in [6.45, 7) is 0. The van der Waals surface area contributed by atoms with Crippen LogP contribution in [0.4, 0.5) is 0 Å². The average Bonchev–Trinajstić information content (AvgIpc) is 2.52. The SMILES string of the molecule is [O]C(c1cccc2ccccc12)C(Cl)(Cl)C(Cl)(Cl)C(Cl)(Cl)C(Cl)(Cl)Cl. The molecule has 137 valence electrons. The van der Waals surface area contributed by atoms with Crippen LogP contribution in [-0.4, -0.2) is 16.8 Å². The van der Waals surface area contributed by atoms with Crippen molar-refractivity contribution in [2.24, 2.45) is 0 Å². The predicted molar refractivity (Wildman–Crippen MR) is 111 cm³/mol. The zero-order chi connectivity index (χ0) is 19.3. The van der Waals surface area contributed by atoms with Crippen LogP contribution < -0.4 is 0 Å². The van der Waals surface area contributed by atoms with Crippen molar-refractivity contribution in [1.82, 2.24) is 0 Å². The van der Waals surface area contributed by atoms with E-state index in [-0.39, 0.29) is 5.56 Å². The quantitative estimate of drug-likeness (QED) is 0.360. The molecule has 0 amide bonds. The van der Waals surface area contributed by atoms with Crippen LogP contribution in [0.2, 0.25) is 0 Å². The molecule has 0 aliphatic carbocycles.